The van der Waals surface area contributed by atoms with E-state index in [1.165, 1.54) is 4.88 Å². The molecular weight excluding hydrogens is 232 g/mol. The van der Waals surface area contributed by atoms with E-state index in [0.717, 1.165) is 6.54 Å². The molecule has 0 aliphatic rings. The van der Waals surface area contributed by atoms with Gasteiger partial charge in [-0.1, -0.05) is 19.9 Å². The molecule has 0 fully saturated rings. The molecule has 0 aliphatic carbocycles. The molecule has 4 heteroatoms. The summed E-state index contributed by atoms with van der Waals surface area (Å²) < 4.78 is 0. The molecule has 3 nitrogen and oxygen atoms in total. The zero-order valence-corrected chi connectivity index (χ0v) is 11.9. The Kier molecular flexibility index (Phi) is 5.65. The van der Waals surface area contributed by atoms with Crippen LogP contribution in [-0.2, 0) is 11.3 Å². The molecule has 1 unspecified atom stereocenters. The first-order valence-corrected chi connectivity index (χ1v) is 6.89. The van der Waals surface area contributed by atoms with Crippen LogP contribution in [0.25, 0.3) is 0 Å². The van der Waals surface area contributed by atoms with Gasteiger partial charge in [-0.25, -0.2) is 0 Å². The first kappa shape index (κ1) is 14.2. The smallest absolute Gasteiger partial charge is 0.237 e. The lowest BCUT2D eigenvalue weighted by Gasteiger charge is -2.25. The summed E-state index contributed by atoms with van der Waals surface area (Å²) in [6.45, 7) is 7.84. The Hall–Kier alpha value is -0.870. The molecule has 1 heterocycles. The Morgan fingerprint density at radius 1 is 1.47 bits per heavy atom. The lowest BCUT2D eigenvalue weighted by Crippen LogP contribution is -2.44. The van der Waals surface area contributed by atoms with Crippen molar-refractivity contribution in [3.8, 4) is 0 Å². The number of rotatable bonds is 6. The van der Waals surface area contributed by atoms with Crippen molar-refractivity contribution in [3.63, 3.8) is 0 Å². The van der Waals surface area contributed by atoms with Crippen LogP contribution in [0.4, 0.5) is 0 Å². The lowest BCUT2D eigenvalue weighted by atomic mass is 10.2. The van der Waals surface area contributed by atoms with Crippen LogP contribution in [0.1, 0.15) is 25.6 Å². The van der Waals surface area contributed by atoms with Crippen LogP contribution >= 0.6 is 11.3 Å². The predicted octanol–water partition coefficient (Wildman–Crippen LogP) is 2.34. The summed E-state index contributed by atoms with van der Waals surface area (Å²) >= 11 is 1.67. The van der Waals surface area contributed by atoms with E-state index in [0.29, 0.717) is 12.5 Å². The van der Waals surface area contributed by atoms with Crippen LogP contribution in [0.3, 0.4) is 0 Å². The molecule has 17 heavy (non-hydrogen) atoms. The van der Waals surface area contributed by atoms with Gasteiger partial charge < -0.3 is 5.32 Å². The third-order valence-corrected chi connectivity index (χ3v) is 3.59. The fourth-order valence-electron chi connectivity index (χ4n) is 1.67. The van der Waals surface area contributed by atoms with Gasteiger partial charge in [-0.15, -0.1) is 11.3 Å². The predicted molar refractivity (Wildman–Crippen MR) is 73.1 cm³/mol. The molecule has 1 aromatic heterocycles. The maximum Gasteiger partial charge on any atom is 0.237 e. The van der Waals surface area contributed by atoms with Crippen LogP contribution < -0.4 is 5.32 Å². The fourth-order valence-corrected chi connectivity index (χ4v) is 2.31. The van der Waals surface area contributed by atoms with Gasteiger partial charge in [0.2, 0.25) is 5.91 Å². The van der Waals surface area contributed by atoms with Gasteiger partial charge in [0.1, 0.15) is 0 Å². The molecule has 1 aromatic rings. The lowest BCUT2D eigenvalue weighted by molar-refractivity contribution is -0.125. The Balaban J connectivity index is 2.36. The molecule has 0 saturated carbocycles. The molecule has 0 saturated heterocycles. The Morgan fingerprint density at radius 2 is 2.18 bits per heavy atom. The second-order valence-corrected chi connectivity index (χ2v) is 5.84. The highest BCUT2D eigenvalue weighted by Crippen LogP contribution is 2.08. The van der Waals surface area contributed by atoms with E-state index < -0.39 is 0 Å². The first-order chi connectivity index (χ1) is 8.00. The van der Waals surface area contributed by atoms with Crippen molar-refractivity contribution < 1.29 is 4.79 Å². The van der Waals surface area contributed by atoms with Crippen LogP contribution in [0, 0.1) is 5.92 Å². The Bertz CT molecular complexity index is 335. The number of hydrogen-bond donors (Lipinski definition) is 1. The van der Waals surface area contributed by atoms with Gasteiger partial charge in [-0.3, -0.25) is 9.69 Å². The van der Waals surface area contributed by atoms with Gasteiger partial charge in [0, 0.05) is 11.4 Å². The van der Waals surface area contributed by atoms with Crippen molar-refractivity contribution in [1.29, 1.82) is 0 Å². The Morgan fingerprint density at radius 3 is 2.71 bits per heavy atom. The van der Waals surface area contributed by atoms with Crippen LogP contribution in [0.2, 0.25) is 0 Å². The van der Waals surface area contributed by atoms with Crippen molar-refractivity contribution in [3.05, 3.63) is 22.4 Å². The summed E-state index contributed by atoms with van der Waals surface area (Å²) in [6, 6.07) is 3.96. The van der Waals surface area contributed by atoms with Gasteiger partial charge in [-0.2, -0.15) is 0 Å². The van der Waals surface area contributed by atoms with Crippen LogP contribution in [0.5, 0.6) is 0 Å². The van der Waals surface area contributed by atoms with E-state index in [2.05, 4.69) is 24.1 Å². The van der Waals surface area contributed by atoms with E-state index in [1.807, 2.05) is 31.5 Å². The van der Waals surface area contributed by atoms with E-state index >= 15 is 0 Å². The largest absolute Gasteiger partial charge is 0.350 e. The average molecular weight is 254 g/mol. The first-order valence-electron chi connectivity index (χ1n) is 6.01. The average Bonchev–Trinajstić information content (AvgIpc) is 2.76. The van der Waals surface area contributed by atoms with E-state index in [-0.39, 0.29) is 11.9 Å². The highest BCUT2D eigenvalue weighted by molar-refractivity contribution is 7.09. The monoisotopic (exact) mass is 254 g/mol. The molecule has 1 N–H and O–H groups in total. The second-order valence-electron chi connectivity index (χ2n) is 4.81. The molecule has 0 radical (unpaired) electrons. The fraction of sp³-hybridized carbons (Fsp3) is 0.615. The topological polar surface area (TPSA) is 32.3 Å². The molecule has 1 amide bonds. The van der Waals surface area contributed by atoms with Gasteiger partial charge in [-0.05, 0) is 31.3 Å². The molecule has 0 bridgehead atoms. The van der Waals surface area contributed by atoms with Crippen molar-refractivity contribution in [2.45, 2.75) is 33.4 Å². The molecule has 96 valence electrons. The number of nitrogens with one attached hydrogen (secondary N) is 1. The maximum absolute atomic E-state index is 11.9. The quantitative estimate of drug-likeness (QED) is 0.845. The summed E-state index contributed by atoms with van der Waals surface area (Å²) in [5.41, 5.74) is 0. The van der Waals surface area contributed by atoms with E-state index in [4.69, 9.17) is 0 Å². The van der Waals surface area contributed by atoms with Crippen molar-refractivity contribution >= 4 is 17.2 Å². The Labute approximate surface area is 108 Å². The summed E-state index contributed by atoms with van der Waals surface area (Å²) in [5.74, 6) is 0.675. The highest BCUT2D eigenvalue weighted by atomic mass is 32.1. The standard InChI is InChI=1S/C13H22N2OS/c1-10(2)9-15(4)11(3)13(16)14-8-12-6-5-7-17-12/h5-7,10-11H,8-9H2,1-4H3,(H,14,16). The summed E-state index contributed by atoms with van der Waals surface area (Å²) in [7, 11) is 2.00. The van der Waals surface area contributed by atoms with Gasteiger partial charge in [0.15, 0.2) is 0 Å². The van der Waals surface area contributed by atoms with Crippen molar-refractivity contribution in [1.82, 2.24) is 10.2 Å². The minimum Gasteiger partial charge on any atom is -0.350 e. The zero-order chi connectivity index (χ0) is 12.8. The van der Waals surface area contributed by atoms with Gasteiger partial charge in [0.05, 0.1) is 12.6 Å². The van der Waals surface area contributed by atoms with Gasteiger partial charge in [0.25, 0.3) is 0 Å². The number of likely N-dealkylation sites (N-methyl/N-ethyl adjacent to an activating group) is 1. The number of carbonyl (C=O) groups is 1. The number of nitrogens with zero attached hydrogens (tertiary/aromatic N) is 1. The summed E-state index contributed by atoms with van der Waals surface area (Å²) in [5, 5.41) is 4.99. The number of thiophene rings is 1. The van der Waals surface area contributed by atoms with Crippen molar-refractivity contribution in [2.75, 3.05) is 13.6 Å². The molecule has 1 atom stereocenters. The summed E-state index contributed by atoms with van der Waals surface area (Å²) in [4.78, 5) is 15.2. The number of hydrogen-bond acceptors (Lipinski definition) is 3. The van der Waals surface area contributed by atoms with Crippen molar-refractivity contribution in [2.24, 2.45) is 5.92 Å². The third-order valence-electron chi connectivity index (χ3n) is 2.71. The number of amides is 1. The van der Waals surface area contributed by atoms with Gasteiger partial charge >= 0.3 is 0 Å². The molecule has 0 spiro atoms. The molecule has 1 rings (SSSR count). The van der Waals surface area contributed by atoms with E-state index in [9.17, 15) is 4.79 Å². The normalized spacial score (nSPS) is 13.1. The summed E-state index contributed by atoms with van der Waals surface area (Å²) in [6.07, 6.45) is 0. The van der Waals surface area contributed by atoms with Crippen LogP contribution in [-0.4, -0.2) is 30.4 Å². The SMILES string of the molecule is CC(C)CN(C)C(C)C(=O)NCc1cccs1. The minimum absolute atomic E-state index is 0.0719. The highest BCUT2D eigenvalue weighted by Gasteiger charge is 2.18. The zero-order valence-electron chi connectivity index (χ0n) is 11.1. The second kappa shape index (κ2) is 6.77. The van der Waals surface area contributed by atoms with E-state index in [1.54, 1.807) is 11.3 Å². The third kappa shape index (κ3) is 4.88. The number of carbonyl (C=O) groups excluding carboxylic acids is 1. The minimum atomic E-state index is -0.0719. The molecular formula is C13H22N2OS. The maximum atomic E-state index is 11.9. The molecule has 0 aliphatic heterocycles. The van der Waals surface area contributed by atoms with Crippen LogP contribution in [0.15, 0.2) is 17.5 Å². The molecule has 0 aromatic carbocycles.